The predicted molar refractivity (Wildman–Crippen MR) is 101 cm³/mol. The molecule has 2 rings (SSSR count). The third-order valence-corrected chi connectivity index (χ3v) is 5.27. The lowest BCUT2D eigenvalue weighted by Gasteiger charge is -2.15. The zero-order valence-electron chi connectivity index (χ0n) is 14.8. The molecule has 10 heteroatoms. The fourth-order valence-electron chi connectivity index (χ4n) is 2.39. The molecule has 0 fully saturated rings. The number of carbonyl (C=O) groups excluding carboxylic acids is 1. The molecule has 1 amide bonds. The Balaban J connectivity index is 2.08. The first-order valence-electron chi connectivity index (χ1n) is 8.04. The minimum Gasteiger partial charge on any atom is -0.371 e. The molecule has 0 radical (unpaired) electrons. The van der Waals surface area contributed by atoms with Gasteiger partial charge in [-0.05, 0) is 31.7 Å². The Hall–Kier alpha value is -2.98. The average Bonchev–Trinajstić information content (AvgIpc) is 2.66. The van der Waals surface area contributed by atoms with E-state index < -0.39 is 20.6 Å². The van der Waals surface area contributed by atoms with Gasteiger partial charge in [0.15, 0.2) is 0 Å². The van der Waals surface area contributed by atoms with E-state index in [0.29, 0.717) is 0 Å². The molecule has 2 aromatic carbocycles. The molecule has 3 N–H and O–H groups in total. The molecule has 0 bridgehead atoms. The highest BCUT2D eigenvalue weighted by Gasteiger charge is 2.21. The molecule has 0 aliphatic carbocycles. The van der Waals surface area contributed by atoms with Gasteiger partial charge in [0.25, 0.3) is 5.69 Å². The van der Waals surface area contributed by atoms with E-state index in [1.807, 2.05) is 37.3 Å². The van der Waals surface area contributed by atoms with Crippen LogP contribution in [0.25, 0.3) is 0 Å². The summed E-state index contributed by atoms with van der Waals surface area (Å²) in [7, 11) is -2.60. The summed E-state index contributed by atoms with van der Waals surface area (Å²) < 4.78 is 25.7. The summed E-state index contributed by atoms with van der Waals surface area (Å²) in [6.45, 7) is 1.63. The van der Waals surface area contributed by atoms with Crippen LogP contribution in [0.2, 0.25) is 0 Å². The molecule has 0 unspecified atom stereocenters. The zero-order chi connectivity index (χ0) is 20.0. The first-order chi connectivity index (χ1) is 12.7. The number of nitrogens with zero attached hydrogens (tertiary/aromatic N) is 1. The third-order valence-electron chi connectivity index (χ3n) is 3.86. The summed E-state index contributed by atoms with van der Waals surface area (Å²) in [5, 5.41) is 16.7. The first-order valence-corrected chi connectivity index (χ1v) is 9.53. The van der Waals surface area contributed by atoms with Crippen molar-refractivity contribution < 1.29 is 18.1 Å². The van der Waals surface area contributed by atoms with Crippen molar-refractivity contribution in [2.45, 2.75) is 17.9 Å². The Labute approximate surface area is 157 Å². The smallest absolute Gasteiger partial charge is 0.293 e. The standard InChI is InChI=1S/C17H20N4O5S/c1-12(13-6-4-3-5-7-13)20-17(22)11-19-15-9-8-14(27(25,26)18-2)10-16(15)21(23)24/h3-10,12,18-19H,11H2,1-2H3,(H,20,22)/t12-/m0/s1. The summed E-state index contributed by atoms with van der Waals surface area (Å²) in [5.74, 6) is -0.354. The van der Waals surface area contributed by atoms with Gasteiger partial charge in [-0.15, -0.1) is 0 Å². The maximum atomic E-state index is 12.1. The highest BCUT2D eigenvalue weighted by atomic mass is 32.2. The Bertz CT molecular complexity index is 932. The van der Waals surface area contributed by atoms with E-state index in [1.165, 1.54) is 19.2 Å². The molecular formula is C17H20N4O5S. The van der Waals surface area contributed by atoms with Crippen LogP contribution in [0.1, 0.15) is 18.5 Å². The third kappa shape index (κ3) is 5.25. The van der Waals surface area contributed by atoms with Crippen molar-refractivity contribution in [3.05, 3.63) is 64.2 Å². The fourth-order valence-corrected chi connectivity index (χ4v) is 3.14. The Kier molecular flexibility index (Phi) is 6.48. The van der Waals surface area contributed by atoms with Crippen molar-refractivity contribution >= 4 is 27.3 Å². The average molecular weight is 392 g/mol. The van der Waals surface area contributed by atoms with Gasteiger partial charge in [0.05, 0.1) is 22.4 Å². The van der Waals surface area contributed by atoms with Crippen LogP contribution in [0, 0.1) is 10.1 Å². The number of nitro benzene ring substituents is 1. The molecule has 0 aliphatic rings. The molecule has 144 valence electrons. The normalized spacial score (nSPS) is 12.2. The van der Waals surface area contributed by atoms with Crippen LogP contribution in [0.5, 0.6) is 0 Å². The number of nitro groups is 1. The van der Waals surface area contributed by atoms with E-state index in [1.54, 1.807) is 0 Å². The molecular weight excluding hydrogens is 372 g/mol. The number of nitrogens with one attached hydrogen (secondary N) is 3. The monoisotopic (exact) mass is 392 g/mol. The highest BCUT2D eigenvalue weighted by molar-refractivity contribution is 7.89. The molecule has 1 atom stereocenters. The van der Waals surface area contributed by atoms with Gasteiger partial charge in [0.1, 0.15) is 5.69 Å². The Morgan fingerprint density at radius 2 is 1.85 bits per heavy atom. The number of benzene rings is 2. The molecule has 0 saturated heterocycles. The van der Waals surface area contributed by atoms with Crippen LogP contribution < -0.4 is 15.4 Å². The first kappa shape index (κ1) is 20.3. The van der Waals surface area contributed by atoms with Crippen LogP contribution in [0.15, 0.2) is 53.4 Å². The maximum absolute atomic E-state index is 12.1. The van der Waals surface area contributed by atoms with Crippen molar-refractivity contribution in [3.63, 3.8) is 0 Å². The molecule has 9 nitrogen and oxygen atoms in total. The van der Waals surface area contributed by atoms with Crippen LogP contribution >= 0.6 is 0 Å². The quantitative estimate of drug-likeness (QED) is 0.464. The summed E-state index contributed by atoms with van der Waals surface area (Å²) >= 11 is 0. The van der Waals surface area contributed by atoms with E-state index in [2.05, 4.69) is 15.4 Å². The van der Waals surface area contributed by atoms with E-state index in [-0.39, 0.29) is 29.1 Å². The number of hydrogen-bond donors (Lipinski definition) is 3. The van der Waals surface area contributed by atoms with Crippen LogP contribution in [-0.2, 0) is 14.8 Å². The van der Waals surface area contributed by atoms with Gasteiger partial charge in [-0.1, -0.05) is 30.3 Å². The lowest BCUT2D eigenvalue weighted by Crippen LogP contribution is -2.32. The molecule has 0 aliphatic heterocycles. The summed E-state index contributed by atoms with van der Waals surface area (Å²) in [5.41, 5.74) is 0.547. The number of rotatable bonds is 8. The van der Waals surface area contributed by atoms with Crippen molar-refractivity contribution in [1.82, 2.24) is 10.0 Å². The second-order valence-corrected chi connectivity index (χ2v) is 7.58. The second kappa shape index (κ2) is 8.60. The van der Waals surface area contributed by atoms with E-state index in [4.69, 9.17) is 0 Å². The van der Waals surface area contributed by atoms with Crippen molar-refractivity contribution in [3.8, 4) is 0 Å². The van der Waals surface area contributed by atoms with Crippen molar-refractivity contribution in [2.75, 3.05) is 18.9 Å². The van der Waals surface area contributed by atoms with Gasteiger partial charge in [-0.2, -0.15) is 0 Å². The topological polar surface area (TPSA) is 130 Å². The predicted octanol–water partition coefficient (Wildman–Crippen LogP) is 1.79. The molecule has 27 heavy (non-hydrogen) atoms. The van der Waals surface area contributed by atoms with Gasteiger partial charge in [-0.25, -0.2) is 13.1 Å². The number of hydrogen-bond acceptors (Lipinski definition) is 6. The Morgan fingerprint density at radius 3 is 2.44 bits per heavy atom. The van der Waals surface area contributed by atoms with E-state index >= 15 is 0 Å². The molecule has 0 heterocycles. The lowest BCUT2D eigenvalue weighted by molar-refractivity contribution is -0.384. The van der Waals surface area contributed by atoms with Gasteiger partial charge < -0.3 is 10.6 Å². The number of amides is 1. The van der Waals surface area contributed by atoms with Crippen molar-refractivity contribution in [2.24, 2.45) is 0 Å². The molecule has 0 spiro atoms. The molecule has 0 saturated carbocycles. The number of carbonyl (C=O) groups is 1. The van der Waals surface area contributed by atoms with E-state index in [9.17, 15) is 23.3 Å². The lowest BCUT2D eigenvalue weighted by atomic mass is 10.1. The van der Waals surface area contributed by atoms with Gasteiger partial charge in [-0.3, -0.25) is 14.9 Å². The second-order valence-electron chi connectivity index (χ2n) is 5.70. The molecule has 0 aromatic heterocycles. The van der Waals surface area contributed by atoms with Gasteiger partial charge >= 0.3 is 0 Å². The van der Waals surface area contributed by atoms with Gasteiger partial charge in [0.2, 0.25) is 15.9 Å². The SMILES string of the molecule is CNS(=O)(=O)c1ccc(NCC(=O)N[C@@H](C)c2ccccc2)c([N+](=O)[O-])c1. The Morgan fingerprint density at radius 1 is 1.19 bits per heavy atom. The zero-order valence-corrected chi connectivity index (χ0v) is 15.6. The van der Waals surface area contributed by atoms with Gasteiger partial charge in [0, 0.05) is 6.07 Å². The van der Waals surface area contributed by atoms with Crippen molar-refractivity contribution in [1.29, 1.82) is 0 Å². The number of anilines is 1. The molecule has 2 aromatic rings. The fraction of sp³-hybridized carbons (Fsp3) is 0.235. The number of sulfonamides is 1. The minimum absolute atomic E-state index is 0.0533. The summed E-state index contributed by atoms with van der Waals surface area (Å²) in [6, 6.07) is 12.6. The summed E-state index contributed by atoms with van der Waals surface area (Å²) in [6.07, 6.45) is 0. The van der Waals surface area contributed by atoms with Crippen LogP contribution in [0.3, 0.4) is 0 Å². The highest BCUT2D eigenvalue weighted by Crippen LogP contribution is 2.27. The van der Waals surface area contributed by atoms with E-state index in [0.717, 1.165) is 11.6 Å². The summed E-state index contributed by atoms with van der Waals surface area (Å²) in [4.78, 5) is 22.4. The minimum atomic E-state index is -3.81. The maximum Gasteiger partial charge on any atom is 0.293 e. The van der Waals surface area contributed by atoms with Crippen LogP contribution in [-0.4, -0.2) is 32.8 Å². The van der Waals surface area contributed by atoms with Crippen LogP contribution in [0.4, 0.5) is 11.4 Å². The largest absolute Gasteiger partial charge is 0.371 e.